The number of pyridine rings is 1. The molecule has 0 atom stereocenters. The summed E-state index contributed by atoms with van der Waals surface area (Å²) in [5.41, 5.74) is 9.26. The standard InChI is InChI=1S/C29H27F2N5O3/c1-6-7-18-8-10-20(11-9-18)36-23-12-22(21(15-33-3)17(2)32)34-14-19(23)16-35(29(36)37)28-26(30)24(38-4)13-25(39-5)27(28)31/h8-15H,16,32H2,1-5H3. The number of allylic oxidation sites excluding steroid dienone is 2. The SMILES string of the molecule is CC#Cc1ccc(N2C(=O)N(c3c(F)c(OC)cc(OC)c3F)Cc3cnc(C(C=NC)=C(C)N)cc32)cc1. The Morgan fingerprint density at radius 1 is 1.13 bits per heavy atom. The zero-order valence-electron chi connectivity index (χ0n) is 22.2. The highest BCUT2D eigenvalue weighted by Gasteiger charge is 2.37. The molecule has 3 aromatic rings. The van der Waals surface area contributed by atoms with Crippen LogP contribution < -0.4 is 25.0 Å². The number of nitrogens with zero attached hydrogens (tertiary/aromatic N) is 4. The molecule has 8 nitrogen and oxygen atoms in total. The van der Waals surface area contributed by atoms with Crippen LogP contribution in [-0.4, -0.2) is 38.5 Å². The molecule has 2 aromatic carbocycles. The van der Waals surface area contributed by atoms with Crippen molar-refractivity contribution in [3.63, 3.8) is 0 Å². The molecule has 0 saturated carbocycles. The predicted molar refractivity (Wildman–Crippen MR) is 148 cm³/mol. The smallest absolute Gasteiger partial charge is 0.334 e. The lowest BCUT2D eigenvalue weighted by molar-refractivity contribution is 0.251. The maximum Gasteiger partial charge on any atom is 0.334 e. The van der Waals surface area contributed by atoms with Crippen LogP contribution in [0.3, 0.4) is 0 Å². The minimum absolute atomic E-state index is 0.163. The molecule has 1 aromatic heterocycles. The van der Waals surface area contributed by atoms with E-state index in [-0.39, 0.29) is 18.0 Å². The molecule has 4 rings (SSSR count). The lowest BCUT2D eigenvalue weighted by Gasteiger charge is -2.37. The van der Waals surface area contributed by atoms with Gasteiger partial charge in [0.1, 0.15) is 5.69 Å². The predicted octanol–water partition coefficient (Wildman–Crippen LogP) is 5.42. The summed E-state index contributed by atoms with van der Waals surface area (Å²) >= 11 is 0. The van der Waals surface area contributed by atoms with Crippen LogP contribution in [0, 0.1) is 23.5 Å². The maximum absolute atomic E-state index is 15.5. The van der Waals surface area contributed by atoms with Crippen molar-refractivity contribution >= 4 is 34.9 Å². The van der Waals surface area contributed by atoms with Crippen LogP contribution >= 0.6 is 0 Å². The first-order chi connectivity index (χ1) is 18.7. The number of rotatable bonds is 6. The average Bonchev–Trinajstić information content (AvgIpc) is 2.93. The molecule has 0 saturated heterocycles. The second kappa shape index (κ2) is 11.2. The van der Waals surface area contributed by atoms with Gasteiger partial charge in [-0.25, -0.2) is 13.6 Å². The Morgan fingerprint density at radius 3 is 2.31 bits per heavy atom. The van der Waals surface area contributed by atoms with Gasteiger partial charge in [-0.2, -0.15) is 0 Å². The molecule has 1 aliphatic rings. The molecule has 0 aliphatic carbocycles. The van der Waals surface area contributed by atoms with Crippen molar-refractivity contribution in [3.8, 4) is 23.3 Å². The quantitative estimate of drug-likeness (QED) is 0.339. The number of amides is 2. The molecule has 2 heterocycles. The summed E-state index contributed by atoms with van der Waals surface area (Å²) in [6.45, 7) is 3.28. The first-order valence-electron chi connectivity index (χ1n) is 11.9. The monoisotopic (exact) mass is 531 g/mol. The van der Waals surface area contributed by atoms with Crippen LogP contribution in [0.15, 0.2) is 53.3 Å². The van der Waals surface area contributed by atoms with Gasteiger partial charge in [0.2, 0.25) is 0 Å². The van der Waals surface area contributed by atoms with E-state index in [9.17, 15) is 4.79 Å². The second-order valence-electron chi connectivity index (χ2n) is 8.57. The third-order valence-corrected chi connectivity index (χ3v) is 6.13. The summed E-state index contributed by atoms with van der Waals surface area (Å²) in [4.78, 5) is 25.0. The third-order valence-electron chi connectivity index (χ3n) is 6.13. The summed E-state index contributed by atoms with van der Waals surface area (Å²) in [6.07, 6.45) is 3.13. The number of benzene rings is 2. The molecular weight excluding hydrogens is 504 g/mol. The van der Waals surface area contributed by atoms with Crippen LogP contribution in [0.25, 0.3) is 5.57 Å². The Hall–Kier alpha value is -4.91. The summed E-state index contributed by atoms with van der Waals surface area (Å²) in [5, 5.41) is 0. The van der Waals surface area contributed by atoms with Gasteiger partial charge in [0.15, 0.2) is 23.1 Å². The molecule has 10 heteroatoms. The lowest BCUT2D eigenvalue weighted by atomic mass is 10.0. The molecular formula is C29H27F2N5O3. The van der Waals surface area contributed by atoms with Gasteiger partial charge >= 0.3 is 6.03 Å². The van der Waals surface area contributed by atoms with E-state index >= 15 is 8.78 Å². The number of urea groups is 1. The number of halogens is 2. The van der Waals surface area contributed by atoms with Crippen molar-refractivity contribution in [1.82, 2.24) is 4.98 Å². The second-order valence-corrected chi connectivity index (χ2v) is 8.57. The van der Waals surface area contributed by atoms with E-state index in [4.69, 9.17) is 15.2 Å². The Kier molecular flexibility index (Phi) is 7.81. The van der Waals surface area contributed by atoms with Crippen LogP contribution in [0.4, 0.5) is 30.6 Å². The fraction of sp³-hybridized carbons (Fsp3) is 0.207. The first kappa shape index (κ1) is 27.1. The number of hydrogen-bond donors (Lipinski definition) is 1. The largest absolute Gasteiger partial charge is 0.493 e. The van der Waals surface area contributed by atoms with Crippen molar-refractivity contribution < 1.29 is 23.0 Å². The van der Waals surface area contributed by atoms with Crippen molar-refractivity contribution in [1.29, 1.82) is 0 Å². The fourth-order valence-electron chi connectivity index (χ4n) is 4.28. The van der Waals surface area contributed by atoms with Gasteiger partial charge in [-0.15, -0.1) is 5.92 Å². The highest BCUT2D eigenvalue weighted by atomic mass is 19.1. The van der Waals surface area contributed by atoms with E-state index < -0.39 is 23.4 Å². The van der Waals surface area contributed by atoms with Crippen molar-refractivity contribution in [2.24, 2.45) is 10.7 Å². The summed E-state index contributed by atoms with van der Waals surface area (Å²) in [7, 11) is 4.10. The summed E-state index contributed by atoms with van der Waals surface area (Å²) < 4.78 is 41.2. The molecule has 0 bridgehead atoms. The lowest BCUT2D eigenvalue weighted by Crippen LogP contribution is -2.46. The van der Waals surface area contributed by atoms with Gasteiger partial charge in [-0.3, -0.25) is 19.8 Å². The molecule has 0 spiro atoms. The molecule has 200 valence electrons. The van der Waals surface area contributed by atoms with Gasteiger partial charge in [0.25, 0.3) is 0 Å². The van der Waals surface area contributed by atoms with Crippen LogP contribution in [0.5, 0.6) is 11.5 Å². The number of carbonyl (C=O) groups is 1. The normalized spacial score (nSPS) is 13.6. The van der Waals surface area contributed by atoms with Gasteiger partial charge < -0.3 is 15.2 Å². The van der Waals surface area contributed by atoms with E-state index in [1.165, 1.54) is 19.1 Å². The Balaban J connectivity index is 1.96. The molecule has 39 heavy (non-hydrogen) atoms. The number of hydrogen-bond acceptors (Lipinski definition) is 6. The van der Waals surface area contributed by atoms with Gasteiger partial charge in [0.05, 0.1) is 37.8 Å². The van der Waals surface area contributed by atoms with Crippen molar-refractivity contribution in [2.75, 3.05) is 31.1 Å². The number of nitrogens with two attached hydrogens (primary N) is 1. The van der Waals surface area contributed by atoms with E-state index in [1.807, 2.05) is 0 Å². The highest BCUT2D eigenvalue weighted by Crippen LogP contribution is 2.43. The highest BCUT2D eigenvalue weighted by molar-refractivity contribution is 6.13. The third kappa shape index (κ3) is 4.99. The van der Waals surface area contributed by atoms with Crippen molar-refractivity contribution in [3.05, 3.63) is 76.7 Å². The zero-order chi connectivity index (χ0) is 28.3. The fourth-order valence-corrected chi connectivity index (χ4v) is 4.28. The molecule has 2 amide bonds. The summed E-state index contributed by atoms with van der Waals surface area (Å²) in [5.74, 6) is 3.19. The maximum atomic E-state index is 15.5. The number of aliphatic imine (C=N–C) groups is 1. The van der Waals surface area contributed by atoms with E-state index in [1.54, 1.807) is 63.6 Å². The van der Waals surface area contributed by atoms with E-state index in [0.717, 1.165) is 16.5 Å². The van der Waals surface area contributed by atoms with E-state index in [0.29, 0.717) is 33.9 Å². The van der Waals surface area contributed by atoms with Crippen LogP contribution in [-0.2, 0) is 6.54 Å². The Labute approximate surface area is 225 Å². The van der Waals surface area contributed by atoms with Gasteiger partial charge in [-0.1, -0.05) is 5.92 Å². The molecule has 0 radical (unpaired) electrons. The number of aromatic nitrogens is 1. The van der Waals surface area contributed by atoms with Crippen LogP contribution in [0.2, 0.25) is 0 Å². The number of ether oxygens (including phenoxy) is 2. The molecule has 0 unspecified atom stereocenters. The molecule has 1 aliphatic heterocycles. The number of carbonyl (C=O) groups excluding carboxylic acids is 1. The van der Waals surface area contributed by atoms with E-state index in [2.05, 4.69) is 21.8 Å². The minimum atomic E-state index is -1.03. The number of anilines is 3. The number of methoxy groups -OCH3 is 2. The topological polar surface area (TPSA) is 93.3 Å². The van der Waals surface area contributed by atoms with Gasteiger partial charge in [-0.05, 0) is 44.2 Å². The number of fused-ring (bicyclic) bond motifs is 1. The van der Waals surface area contributed by atoms with Crippen LogP contribution in [0.1, 0.15) is 30.7 Å². The van der Waals surface area contributed by atoms with Crippen molar-refractivity contribution in [2.45, 2.75) is 20.4 Å². The summed E-state index contributed by atoms with van der Waals surface area (Å²) in [6, 6.07) is 9.04. The Bertz CT molecular complexity index is 1520. The zero-order valence-corrected chi connectivity index (χ0v) is 22.2. The Morgan fingerprint density at radius 2 is 1.77 bits per heavy atom. The van der Waals surface area contributed by atoms with Gasteiger partial charge in [0, 0.05) is 47.9 Å². The average molecular weight is 532 g/mol. The molecule has 2 N–H and O–H groups in total. The molecule has 0 fully saturated rings. The minimum Gasteiger partial charge on any atom is -0.493 e. The first-order valence-corrected chi connectivity index (χ1v) is 11.9.